The summed E-state index contributed by atoms with van der Waals surface area (Å²) in [6.07, 6.45) is 0. The molecule has 0 bridgehead atoms. The van der Waals surface area contributed by atoms with E-state index in [2.05, 4.69) is 31.1 Å². The maximum absolute atomic E-state index is 14.8. The van der Waals surface area contributed by atoms with E-state index in [0.717, 1.165) is 24.3 Å². The minimum atomic E-state index is -8.64. The zero-order valence-electron chi connectivity index (χ0n) is 22.8. The van der Waals surface area contributed by atoms with Crippen LogP contribution in [0.1, 0.15) is 22.8 Å². The highest BCUT2D eigenvalue weighted by atomic mass is 19.4. The van der Waals surface area contributed by atoms with Crippen LogP contribution >= 0.6 is 0 Å². The predicted octanol–water partition coefficient (Wildman–Crippen LogP) is 6.45. The fourth-order valence-electron chi connectivity index (χ4n) is 4.05. The number of rotatable bonds is 13. The number of halogens is 16. The van der Waals surface area contributed by atoms with Crippen LogP contribution in [0.2, 0.25) is 0 Å². The molecule has 0 N–H and O–H groups in total. The maximum Gasteiger partial charge on any atom is 0.386 e. The molecule has 0 atom stereocenters. The van der Waals surface area contributed by atoms with Gasteiger partial charge in [-0.2, -0.15) is 70.2 Å². The summed E-state index contributed by atoms with van der Waals surface area (Å²) in [4.78, 5) is 0. The summed E-state index contributed by atoms with van der Waals surface area (Å²) >= 11 is 0. The van der Waals surface area contributed by atoms with Gasteiger partial charge in [-0.1, -0.05) is 60.7 Å². The molecule has 2 heterocycles. The molecule has 48 heavy (non-hydrogen) atoms. The molecular weight excluding hydrogens is 704 g/mol. The van der Waals surface area contributed by atoms with E-state index in [-0.39, 0.29) is 20.5 Å². The number of hydrogen-bond donors (Lipinski definition) is 0. The van der Waals surface area contributed by atoms with Crippen LogP contribution in [0.4, 0.5) is 70.2 Å². The third-order valence-corrected chi connectivity index (χ3v) is 6.74. The molecule has 2 aromatic heterocycles. The van der Waals surface area contributed by atoms with Crippen molar-refractivity contribution in [2.45, 2.75) is 60.5 Å². The molecule has 8 nitrogen and oxygen atoms in total. The Balaban J connectivity index is 1.73. The monoisotopic (exact) mass is 718 g/mol. The van der Waals surface area contributed by atoms with Crippen molar-refractivity contribution in [1.29, 1.82) is 0 Å². The molecule has 4 rings (SSSR count). The molecule has 2 aromatic carbocycles. The molecule has 262 valence electrons. The minimum Gasteiger partial charge on any atom is -0.220 e. The third kappa shape index (κ3) is 5.18. The Morgan fingerprint density at radius 2 is 0.667 bits per heavy atom. The lowest BCUT2D eigenvalue weighted by atomic mass is 9.87. The maximum atomic E-state index is 14.8. The first-order chi connectivity index (χ1) is 21.9. The summed E-state index contributed by atoms with van der Waals surface area (Å²) in [5, 5.41) is 15.2. The van der Waals surface area contributed by atoms with Crippen molar-refractivity contribution in [2.75, 3.05) is 0 Å². The van der Waals surface area contributed by atoms with Gasteiger partial charge in [0.05, 0.1) is 13.1 Å². The lowest BCUT2D eigenvalue weighted by Crippen LogP contribution is -2.74. The molecule has 0 saturated carbocycles. The first-order valence-electron chi connectivity index (χ1n) is 12.5. The van der Waals surface area contributed by atoms with E-state index in [1.165, 1.54) is 36.4 Å². The van der Waals surface area contributed by atoms with Gasteiger partial charge in [0.1, 0.15) is 0 Å². The Kier molecular flexibility index (Phi) is 8.74. The fourth-order valence-corrected chi connectivity index (χ4v) is 4.05. The van der Waals surface area contributed by atoms with Crippen LogP contribution < -0.4 is 0 Å². The number of aromatic nitrogens is 8. The van der Waals surface area contributed by atoms with Crippen molar-refractivity contribution in [3.63, 3.8) is 0 Å². The van der Waals surface area contributed by atoms with E-state index in [4.69, 9.17) is 0 Å². The molecule has 0 amide bonds. The number of nitrogens with zero attached hydrogens (tertiary/aromatic N) is 8. The normalized spacial score (nSPS) is 14.4. The highest BCUT2D eigenvalue weighted by Crippen LogP contribution is 2.65. The lowest BCUT2D eigenvalue weighted by Gasteiger charge is -2.43. The van der Waals surface area contributed by atoms with E-state index in [0.29, 0.717) is 0 Å². The van der Waals surface area contributed by atoms with Crippen LogP contribution in [-0.4, -0.2) is 75.9 Å². The summed E-state index contributed by atoms with van der Waals surface area (Å²) in [7, 11) is 0. The molecule has 24 heteroatoms. The Hall–Kier alpha value is -4.54. The van der Waals surface area contributed by atoms with E-state index < -0.39 is 72.1 Å². The summed E-state index contributed by atoms with van der Waals surface area (Å²) in [5.41, 5.74) is -0.210. The zero-order chi connectivity index (χ0) is 36.2. The number of benzene rings is 2. The van der Waals surface area contributed by atoms with Crippen LogP contribution in [-0.2, 0) is 24.9 Å². The second-order valence-electron chi connectivity index (χ2n) is 9.89. The first kappa shape index (κ1) is 36.3. The molecule has 4 aromatic rings. The Bertz CT molecular complexity index is 1580. The highest BCUT2D eigenvalue weighted by Gasteiger charge is 2.95. The topological polar surface area (TPSA) is 87.2 Å². The zero-order valence-corrected chi connectivity index (χ0v) is 22.8. The van der Waals surface area contributed by atoms with Gasteiger partial charge in [0.25, 0.3) is 0 Å². The van der Waals surface area contributed by atoms with Crippen molar-refractivity contribution < 1.29 is 70.2 Å². The highest BCUT2D eigenvalue weighted by molar-refractivity contribution is 5.21. The predicted molar refractivity (Wildman–Crippen MR) is 124 cm³/mol. The standard InChI is InChI=1S/C24H14F16N8/c25-17(26,15-41-43-45-47(15)11-13-7-3-1-4-8-13)19(29,30)21(33,34)23(37,38)24(39,40)22(35,36)20(31,32)18(27,28)16-42-44-46-48(16)12-14-9-5-2-6-10-14/h1-10H,11-12H2. The van der Waals surface area contributed by atoms with Crippen molar-refractivity contribution in [1.82, 2.24) is 40.4 Å². The Morgan fingerprint density at radius 1 is 0.396 bits per heavy atom. The Labute approximate surface area is 255 Å². The summed E-state index contributed by atoms with van der Waals surface area (Å²) < 4.78 is 234. The molecule has 0 fully saturated rings. The largest absolute Gasteiger partial charge is 0.386 e. The van der Waals surface area contributed by atoms with Gasteiger partial charge >= 0.3 is 47.4 Å². The Morgan fingerprint density at radius 3 is 0.958 bits per heavy atom. The SMILES string of the molecule is FC(F)(c1nnnn1Cc1ccccc1)C(F)(F)C(F)(F)C(F)(F)C(F)(F)C(F)(F)C(F)(F)C(F)(F)c1nnnn1Cc1ccccc1. The van der Waals surface area contributed by atoms with Crippen LogP contribution in [0, 0.1) is 0 Å². The quantitative estimate of drug-likeness (QED) is 0.148. The third-order valence-electron chi connectivity index (χ3n) is 6.74. The molecule has 0 saturated heterocycles. The molecule has 0 spiro atoms. The van der Waals surface area contributed by atoms with E-state index in [1.54, 1.807) is 0 Å². The van der Waals surface area contributed by atoms with Crippen LogP contribution in [0.15, 0.2) is 60.7 Å². The van der Waals surface area contributed by atoms with Crippen LogP contribution in [0.3, 0.4) is 0 Å². The number of hydrogen-bond acceptors (Lipinski definition) is 6. The van der Waals surface area contributed by atoms with Gasteiger partial charge in [-0.25, -0.2) is 9.36 Å². The summed E-state index contributed by atoms with van der Waals surface area (Å²) in [6, 6.07) is 12.1. The molecule has 0 aliphatic heterocycles. The smallest absolute Gasteiger partial charge is 0.220 e. The van der Waals surface area contributed by atoms with E-state index >= 15 is 0 Å². The van der Waals surface area contributed by atoms with Gasteiger partial charge < -0.3 is 0 Å². The van der Waals surface area contributed by atoms with Gasteiger partial charge in [0.15, 0.2) is 0 Å². The van der Waals surface area contributed by atoms with Gasteiger partial charge in [-0.3, -0.25) is 0 Å². The van der Waals surface area contributed by atoms with Crippen LogP contribution in [0.25, 0.3) is 0 Å². The van der Waals surface area contributed by atoms with Crippen molar-refractivity contribution in [3.8, 4) is 0 Å². The number of alkyl halides is 16. The van der Waals surface area contributed by atoms with Gasteiger partial charge in [0, 0.05) is 0 Å². The first-order valence-corrected chi connectivity index (χ1v) is 12.5. The lowest BCUT2D eigenvalue weighted by molar-refractivity contribution is -0.456. The summed E-state index contributed by atoms with van der Waals surface area (Å²) in [5.74, 6) is -69.0. The minimum absolute atomic E-state index is 0.105. The molecule has 0 aliphatic carbocycles. The van der Waals surface area contributed by atoms with E-state index in [1.807, 2.05) is 0 Å². The van der Waals surface area contributed by atoms with Crippen molar-refractivity contribution in [3.05, 3.63) is 83.4 Å². The fraction of sp³-hybridized carbons (Fsp3) is 0.417. The number of tetrazole rings is 2. The van der Waals surface area contributed by atoms with E-state index in [9.17, 15) is 70.2 Å². The molecule has 0 unspecified atom stereocenters. The van der Waals surface area contributed by atoms with Gasteiger partial charge in [0.2, 0.25) is 11.6 Å². The molecular formula is C24H14F16N8. The second-order valence-corrected chi connectivity index (χ2v) is 9.89. The van der Waals surface area contributed by atoms with Crippen molar-refractivity contribution in [2.24, 2.45) is 0 Å². The van der Waals surface area contributed by atoms with Crippen LogP contribution in [0.5, 0.6) is 0 Å². The van der Waals surface area contributed by atoms with Gasteiger partial charge in [-0.05, 0) is 32.0 Å². The van der Waals surface area contributed by atoms with Gasteiger partial charge in [-0.15, -0.1) is 10.2 Å². The molecule has 0 radical (unpaired) electrons. The summed E-state index contributed by atoms with van der Waals surface area (Å²) in [6.45, 7) is -2.12. The second kappa shape index (κ2) is 11.6. The average molecular weight is 718 g/mol. The average Bonchev–Trinajstić information content (AvgIpc) is 3.68. The molecule has 0 aliphatic rings. The van der Waals surface area contributed by atoms with Crippen molar-refractivity contribution >= 4 is 0 Å².